The number of hydrogen-bond donors (Lipinski definition) is 2. The normalized spacial score (nSPS) is 11.5. The van der Waals surface area contributed by atoms with Crippen molar-refractivity contribution in [1.29, 1.82) is 0 Å². The molecular weight excluding hydrogens is 328 g/mol. The molecular formula is C21H26N2O3. The first-order chi connectivity index (χ1) is 12.5. The number of anilines is 1. The highest BCUT2D eigenvalue weighted by Crippen LogP contribution is 2.18. The molecule has 0 aliphatic heterocycles. The second-order valence-electron chi connectivity index (χ2n) is 6.16. The summed E-state index contributed by atoms with van der Waals surface area (Å²) in [6.45, 7) is 6.63. The zero-order chi connectivity index (χ0) is 18.9. The van der Waals surface area contributed by atoms with Crippen molar-refractivity contribution in [3.05, 3.63) is 59.7 Å². The van der Waals surface area contributed by atoms with Gasteiger partial charge in [-0.15, -0.1) is 0 Å². The van der Waals surface area contributed by atoms with Crippen molar-refractivity contribution < 1.29 is 14.3 Å². The van der Waals surface area contributed by atoms with Crippen molar-refractivity contribution in [2.45, 2.75) is 39.7 Å². The minimum absolute atomic E-state index is 0.0712. The molecule has 0 aliphatic rings. The van der Waals surface area contributed by atoms with Crippen molar-refractivity contribution in [3.8, 4) is 5.75 Å². The first-order valence-corrected chi connectivity index (χ1v) is 8.99. The molecule has 0 aromatic heterocycles. The zero-order valence-corrected chi connectivity index (χ0v) is 15.5. The Balaban J connectivity index is 2.10. The summed E-state index contributed by atoms with van der Waals surface area (Å²) in [5.74, 6) is 0.270. The second-order valence-corrected chi connectivity index (χ2v) is 6.16. The molecule has 0 bridgehead atoms. The van der Waals surface area contributed by atoms with Gasteiger partial charge in [0.25, 0.3) is 11.8 Å². The van der Waals surface area contributed by atoms with Gasteiger partial charge in [0.1, 0.15) is 5.75 Å². The fourth-order valence-corrected chi connectivity index (χ4v) is 2.31. The van der Waals surface area contributed by atoms with E-state index < -0.39 is 0 Å². The van der Waals surface area contributed by atoms with E-state index in [2.05, 4.69) is 10.6 Å². The van der Waals surface area contributed by atoms with Crippen LogP contribution in [0.25, 0.3) is 0 Å². The standard InChI is InChI=1S/C21H26N2O3/c1-4-14-26-17-12-10-16(11-13-17)20(24)23-19-9-7-6-8-18(19)21(25)22-15(3)5-2/h6-13,15H,4-5,14H2,1-3H3,(H,22,25)(H,23,24). The molecule has 2 N–H and O–H groups in total. The van der Waals surface area contributed by atoms with E-state index in [-0.39, 0.29) is 17.9 Å². The number of carbonyl (C=O) groups excluding carboxylic acids is 2. The lowest BCUT2D eigenvalue weighted by molar-refractivity contribution is 0.0940. The summed E-state index contributed by atoms with van der Waals surface area (Å²) in [5, 5.41) is 5.74. The third-order valence-electron chi connectivity index (χ3n) is 4.00. The molecule has 2 rings (SSSR count). The maximum absolute atomic E-state index is 12.5. The number of benzene rings is 2. The second kappa shape index (κ2) is 9.61. The van der Waals surface area contributed by atoms with Crippen LogP contribution in [0.4, 0.5) is 5.69 Å². The number of ether oxygens (including phenoxy) is 1. The molecule has 1 atom stereocenters. The minimum Gasteiger partial charge on any atom is -0.494 e. The highest BCUT2D eigenvalue weighted by molar-refractivity contribution is 6.09. The van der Waals surface area contributed by atoms with E-state index in [1.54, 1.807) is 48.5 Å². The third kappa shape index (κ3) is 5.34. The van der Waals surface area contributed by atoms with Crippen LogP contribution in [0.15, 0.2) is 48.5 Å². The predicted molar refractivity (Wildman–Crippen MR) is 104 cm³/mol. The van der Waals surface area contributed by atoms with E-state index >= 15 is 0 Å². The van der Waals surface area contributed by atoms with E-state index in [1.165, 1.54) is 0 Å². The van der Waals surface area contributed by atoms with Gasteiger partial charge in [0.05, 0.1) is 17.9 Å². The van der Waals surface area contributed by atoms with Gasteiger partial charge in [0, 0.05) is 11.6 Å². The molecule has 1 unspecified atom stereocenters. The Morgan fingerprint density at radius 2 is 1.69 bits per heavy atom. The quantitative estimate of drug-likeness (QED) is 0.744. The molecule has 0 heterocycles. The Bertz CT molecular complexity index is 741. The molecule has 0 aliphatic carbocycles. The van der Waals surface area contributed by atoms with Crippen LogP contribution in [0, 0.1) is 0 Å². The summed E-state index contributed by atoms with van der Waals surface area (Å²) in [6, 6.07) is 14.0. The molecule has 0 saturated carbocycles. The van der Waals surface area contributed by atoms with Crippen LogP contribution in [-0.2, 0) is 0 Å². The number of carbonyl (C=O) groups is 2. The molecule has 5 nitrogen and oxygen atoms in total. The number of hydrogen-bond acceptors (Lipinski definition) is 3. The molecule has 2 amide bonds. The van der Waals surface area contributed by atoms with Crippen LogP contribution in [0.5, 0.6) is 5.75 Å². The molecule has 26 heavy (non-hydrogen) atoms. The monoisotopic (exact) mass is 354 g/mol. The summed E-state index contributed by atoms with van der Waals surface area (Å²) >= 11 is 0. The lowest BCUT2D eigenvalue weighted by Gasteiger charge is -2.14. The van der Waals surface area contributed by atoms with Gasteiger partial charge < -0.3 is 15.4 Å². The Labute approximate surface area is 154 Å². The highest BCUT2D eigenvalue weighted by Gasteiger charge is 2.15. The van der Waals surface area contributed by atoms with Crippen molar-refractivity contribution in [1.82, 2.24) is 5.32 Å². The van der Waals surface area contributed by atoms with Crippen LogP contribution < -0.4 is 15.4 Å². The van der Waals surface area contributed by atoms with Crippen LogP contribution in [0.3, 0.4) is 0 Å². The van der Waals surface area contributed by atoms with Crippen LogP contribution in [-0.4, -0.2) is 24.5 Å². The number of para-hydroxylation sites is 1. The summed E-state index contributed by atoms with van der Waals surface area (Å²) in [5.41, 5.74) is 1.44. The molecule has 0 spiro atoms. The molecule has 0 fully saturated rings. The van der Waals surface area contributed by atoms with Crippen LogP contribution in [0.2, 0.25) is 0 Å². The molecule has 0 radical (unpaired) electrons. The summed E-state index contributed by atoms with van der Waals surface area (Å²) in [6.07, 6.45) is 1.77. The Kier molecular flexibility index (Phi) is 7.21. The van der Waals surface area contributed by atoms with E-state index in [0.29, 0.717) is 23.4 Å². The number of nitrogens with one attached hydrogen (secondary N) is 2. The minimum atomic E-state index is -0.268. The van der Waals surface area contributed by atoms with E-state index in [1.807, 2.05) is 20.8 Å². The highest BCUT2D eigenvalue weighted by atomic mass is 16.5. The van der Waals surface area contributed by atoms with Gasteiger partial charge in [-0.3, -0.25) is 9.59 Å². The van der Waals surface area contributed by atoms with Gasteiger partial charge in [-0.1, -0.05) is 26.0 Å². The largest absolute Gasteiger partial charge is 0.494 e. The topological polar surface area (TPSA) is 67.4 Å². The van der Waals surface area contributed by atoms with Crippen molar-refractivity contribution >= 4 is 17.5 Å². The fraction of sp³-hybridized carbons (Fsp3) is 0.333. The smallest absolute Gasteiger partial charge is 0.255 e. The fourth-order valence-electron chi connectivity index (χ4n) is 2.31. The van der Waals surface area contributed by atoms with E-state index in [9.17, 15) is 9.59 Å². The van der Waals surface area contributed by atoms with Crippen LogP contribution in [0.1, 0.15) is 54.3 Å². The maximum atomic E-state index is 12.5. The Morgan fingerprint density at radius 1 is 1.00 bits per heavy atom. The van der Waals surface area contributed by atoms with Crippen molar-refractivity contribution in [2.75, 3.05) is 11.9 Å². The molecule has 2 aromatic rings. The van der Waals surface area contributed by atoms with Gasteiger partial charge in [0.2, 0.25) is 0 Å². The number of rotatable bonds is 8. The van der Waals surface area contributed by atoms with E-state index in [0.717, 1.165) is 18.6 Å². The summed E-state index contributed by atoms with van der Waals surface area (Å²) in [7, 11) is 0. The van der Waals surface area contributed by atoms with Gasteiger partial charge in [-0.05, 0) is 56.2 Å². The van der Waals surface area contributed by atoms with E-state index in [4.69, 9.17) is 4.74 Å². The maximum Gasteiger partial charge on any atom is 0.255 e. The first kappa shape index (κ1) is 19.5. The molecule has 138 valence electrons. The SMILES string of the molecule is CCCOc1ccc(C(=O)Nc2ccccc2C(=O)NC(C)CC)cc1. The van der Waals surface area contributed by atoms with Crippen LogP contribution >= 0.6 is 0 Å². The van der Waals surface area contributed by atoms with Crippen molar-refractivity contribution in [3.63, 3.8) is 0 Å². The predicted octanol–water partition coefficient (Wildman–Crippen LogP) is 4.26. The molecule has 0 saturated heterocycles. The van der Waals surface area contributed by atoms with Crippen molar-refractivity contribution in [2.24, 2.45) is 0 Å². The summed E-state index contributed by atoms with van der Waals surface area (Å²) < 4.78 is 5.52. The number of amides is 2. The van der Waals surface area contributed by atoms with Gasteiger partial charge in [-0.2, -0.15) is 0 Å². The Hall–Kier alpha value is -2.82. The first-order valence-electron chi connectivity index (χ1n) is 8.99. The Morgan fingerprint density at radius 3 is 2.35 bits per heavy atom. The zero-order valence-electron chi connectivity index (χ0n) is 15.5. The molecule has 2 aromatic carbocycles. The molecule has 5 heteroatoms. The average molecular weight is 354 g/mol. The lowest BCUT2D eigenvalue weighted by Crippen LogP contribution is -2.32. The third-order valence-corrected chi connectivity index (χ3v) is 4.00. The van der Waals surface area contributed by atoms with Gasteiger partial charge in [-0.25, -0.2) is 0 Å². The van der Waals surface area contributed by atoms with Gasteiger partial charge >= 0.3 is 0 Å². The summed E-state index contributed by atoms with van der Waals surface area (Å²) in [4.78, 5) is 24.9. The lowest BCUT2D eigenvalue weighted by atomic mass is 10.1. The van der Waals surface area contributed by atoms with Gasteiger partial charge in [0.15, 0.2) is 0 Å². The average Bonchev–Trinajstić information content (AvgIpc) is 2.66.